The maximum Gasteiger partial charge on any atom is 0.337 e. The second-order valence-corrected chi connectivity index (χ2v) is 4.89. The number of carboxylic acid groups (broad SMARTS) is 1. The van der Waals surface area contributed by atoms with Gasteiger partial charge in [-0.1, -0.05) is 13.8 Å². The van der Waals surface area contributed by atoms with Gasteiger partial charge < -0.3 is 15.6 Å². The van der Waals surface area contributed by atoms with Crippen LogP contribution in [0, 0.1) is 12.8 Å². The quantitative estimate of drug-likeness (QED) is 0.602. The van der Waals surface area contributed by atoms with Crippen LogP contribution in [0.15, 0.2) is 12.1 Å². The highest BCUT2D eigenvalue weighted by atomic mass is 16.5. The summed E-state index contributed by atoms with van der Waals surface area (Å²) in [5.41, 5.74) is 6.85. The van der Waals surface area contributed by atoms with Crippen LogP contribution in [0.5, 0.6) is 5.75 Å². The van der Waals surface area contributed by atoms with Gasteiger partial charge in [0.25, 0.3) is 0 Å². The summed E-state index contributed by atoms with van der Waals surface area (Å²) in [7, 11) is 0. The molecule has 0 aliphatic rings. The lowest BCUT2D eigenvalue weighted by Gasteiger charge is -2.11. The predicted octanol–water partition coefficient (Wildman–Crippen LogP) is 3.09. The third kappa shape index (κ3) is 3.95. The average Bonchev–Trinajstić information content (AvgIpc) is 2.28. The van der Waals surface area contributed by atoms with E-state index < -0.39 is 5.97 Å². The van der Waals surface area contributed by atoms with Crippen molar-refractivity contribution in [3.8, 4) is 5.75 Å². The molecule has 0 fully saturated rings. The molecule has 3 N–H and O–H groups in total. The van der Waals surface area contributed by atoms with Crippen molar-refractivity contribution in [1.82, 2.24) is 0 Å². The Hall–Kier alpha value is -1.71. The smallest absolute Gasteiger partial charge is 0.337 e. The molecule has 0 spiro atoms. The molecule has 0 radical (unpaired) electrons. The first-order valence-corrected chi connectivity index (χ1v) is 6.18. The van der Waals surface area contributed by atoms with E-state index in [0.29, 0.717) is 24.0 Å². The SMILES string of the molecule is Cc1cc(OCCCC(C)C)cc(C(=O)O)c1N. The summed E-state index contributed by atoms with van der Waals surface area (Å²) in [6.45, 7) is 6.70. The van der Waals surface area contributed by atoms with Gasteiger partial charge in [-0.3, -0.25) is 0 Å². The van der Waals surface area contributed by atoms with Gasteiger partial charge in [0.1, 0.15) is 5.75 Å². The van der Waals surface area contributed by atoms with Crippen LogP contribution in [-0.2, 0) is 0 Å². The van der Waals surface area contributed by atoms with Gasteiger partial charge in [0, 0.05) is 5.69 Å². The summed E-state index contributed by atoms with van der Waals surface area (Å²) in [6.07, 6.45) is 2.06. The van der Waals surface area contributed by atoms with E-state index in [-0.39, 0.29) is 5.56 Å². The number of carbonyl (C=O) groups is 1. The molecule has 0 aromatic heterocycles. The maximum absolute atomic E-state index is 11.0. The number of rotatable bonds is 6. The van der Waals surface area contributed by atoms with E-state index in [9.17, 15) is 4.79 Å². The first-order valence-electron chi connectivity index (χ1n) is 6.18. The van der Waals surface area contributed by atoms with E-state index in [1.807, 2.05) is 0 Å². The van der Waals surface area contributed by atoms with Crippen molar-refractivity contribution < 1.29 is 14.6 Å². The van der Waals surface area contributed by atoms with Gasteiger partial charge in [0.05, 0.1) is 12.2 Å². The number of benzene rings is 1. The number of nitrogen functional groups attached to an aromatic ring is 1. The lowest BCUT2D eigenvalue weighted by atomic mass is 10.1. The van der Waals surface area contributed by atoms with Crippen molar-refractivity contribution in [2.45, 2.75) is 33.6 Å². The van der Waals surface area contributed by atoms with E-state index in [2.05, 4.69) is 13.8 Å². The van der Waals surface area contributed by atoms with Gasteiger partial charge in [-0.15, -0.1) is 0 Å². The molecule has 0 aliphatic heterocycles. The molecule has 0 bridgehead atoms. The highest BCUT2D eigenvalue weighted by Crippen LogP contribution is 2.24. The summed E-state index contributed by atoms with van der Waals surface area (Å²) in [5, 5.41) is 9.02. The molecule has 0 atom stereocenters. The molecule has 1 aromatic carbocycles. The van der Waals surface area contributed by atoms with Gasteiger partial charge in [0.2, 0.25) is 0 Å². The van der Waals surface area contributed by atoms with Crippen molar-refractivity contribution in [1.29, 1.82) is 0 Å². The van der Waals surface area contributed by atoms with Crippen LogP contribution in [0.2, 0.25) is 0 Å². The van der Waals surface area contributed by atoms with Crippen LogP contribution in [0.25, 0.3) is 0 Å². The minimum Gasteiger partial charge on any atom is -0.494 e. The summed E-state index contributed by atoms with van der Waals surface area (Å²) >= 11 is 0. The van der Waals surface area contributed by atoms with E-state index in [1.54, 1.807) is 13.0 Å². The van der Waals surface area contributed by atoms with Crippen molar-refractivity contribution in [2.24, 2.45) is 5.92 Å². The number of carboxylic acids is 1. The van der Waals surface area contributed by atoms with E-state index in [4.69, 9.17) is 15.6 Å². The van der Waals surface area contributed by atoms with Crippen LogP contribution in [0.4, 0.5) is 5.69 Å². The minimum atomic E-state index is -1.02. The largest absolute Gasteiger partial charge is 0.494 e. The lowest BCUT2D eigenvalue weighted by Crippen LogP contribution is -2.06. The molecular weight excluding hydrogens is 230 g/mol. The molecule has 1 aromatic rings. The van der Waals surface area contributed by atoms with Crippen LogP contribution in [-0.4, -0.2) is 17.7 Å². The zero-order chi connectivity index (χ0) is 13.7. The predicted molar refractivity (Wildman–Crippen MR) is 72.1 cm³/mol. The molecule has 4 heteroatoms. The molecule has 0 unspecified atom stereocenters. The molecule has 0 saturated carbocycles. The fraction of sp³-hybridized carbons (Fsp3) is 0.500. The first kappa shape index (κ1) is 14.4. The number of anilines is 1. The molecule has 1 rings (SSSR count). The van der Waals surface area contributed by atoms with Crippen LogP contribution < -0.4 is 10.5 Å². The van der Waals surface area contributed by atoms with Crippen molar-refractivity contribution in [3.05, 3.63) is 23.3 Å². The van der Waals surface area contributed by atoms with Gasteiger partial charge in [-0.25, -0.2) is 4.79 Å². The normalized spacial score (nSPS) is 10.7. The van der Waals surface area contributed by atoms with E-state index in [1.165, 1.54) is 6.07 Å². The third-order valence-electron chi connectivity index (χ3n) is 2.79. The zero-order valence-corrected chi connectivity index (χ0v) is 11.2. The third-order valence-corrected chi connectivity index (χ3v) is 2.79. The fourth-order valence-electron chi connectivity index (χ4n) is 1.71. The summed E-state index contributed by atoms with van der Waals surface area (Å²) in [4.78, 5) is 11.0. The monoisotopic (exact) mass is 251 g/mol. The fourth-order valence-corrected chi connectivity index (χ4v) is 1.71. The Morgan fingerprint density at radius 1 is 1.44 bits per heavy atom. The Morgan fingerprint density at radius 3 is 2.67 bits per heavy atom. The van der Waals surface area contributed by atoms with E-state index in [0.717, 1.165) is 18.4 Å². The molecular formula is C14H21NO3. The molecule has 0 heterocycles. The van der Waals surface area contributed by atoms with Crippen LogP contribution in [0.1, 0.15) is 42.6 Å². The second-order valence-electron chi connectivity index (χ2n) is 4.89. The highest BCUT2D eigenvalue weighted by molar-refractivity contribution is 5.95. The Bertz CT molecular complexity index is 427. The molecule has 100 valence electrons. The molecule has 0 saturated heterocycles. The summed E-state index contributed by atoms with van der Waals surface area (Å²) in [6, 6.07) is 3.26. The molecule has 0 amide bonds. The number of hydrogen-bond acceptors (Lipinski definition) is 3. The Morgan fingerprint density at radius 2 is 2.11 bits per heavy atom. The Labute approximate surface area is 108 Å². The summed E-state index contributed by atoms with van der Waals surface area (Å²) < 4.78 is 5.56. The Balaban J connectivity index is 2.69. The van der Waals surface area contributed by atoms with E-state index >= 15 is 0 Å². The van der Waals surface area contributed by atoms with Gasteiger partial charge in [-0.2, -0.15) is 0 Å². The zero-order valence-electron chi connectivity index (χ0n) is 11.2. The van der Waals surface area contributed by atoms with Crippen LogP contribution >= 0.6 is 0 Å². The molecule has 18 heavy (non-hydrogen) atoms. The van der Waals surface area contributed by atoms with Crippen LogP contribution in [0.3, 0.4) is 0 Å². The first-order chi connectivity index (χ1) is 8.41. The highest BCUT2D eigenvalue weighted by Gasteiger charge is 2.12. The van der Waals surface area contributed by atoms with Gasteiger partial charge in [-0.05, 0) is 43.4 Å². The number of ether oxygens (including phenoxy) is 1. The molecule has 0 aliphatic carbocycles. The van der Waals surface area contributed by atoms with Gasteiger partial charge in [0.15, 0.2) is 0 Å². The van der Waals surface area contributed by atoms with Crippen molar-refractivity contribution >= 4 is 11.7 Å². The lowest BCUT2D eigenvalue weighted by molar-refractivity contribution is 0.0697. The molecule has 4 nitrogen and oxygen atoms in total. The van der Waals surface area contributed by atoms with Gasteiger partial charge >= 0.3 is 5.97 Å². The standard InChI is InChI=1S/C14H21NO3/c1-9(2)5-4-6-18-11-7-10(3)13(15)12(8-11)14(16)17/h7-9H,4-6,15H2,1-3H3,(H,16,17). The number of aromatic carboxylic acids is 1. The van der Waals surface area contributed by atoms with Crippen molar-refractivity contribution in [2.75, 3.05) is 12.3 Å². The summed E-state index contributed by atoms with van der Waals surface area (Å²) in [5.74, 6) is 0.197. The minimum absolute atomic E-state index is 0.105. The number of nitrogens with two attached hydrogens (primary N) is 1. The number of aryl methyl sites for hydroxylation is 1. The van der Waals surface area contributed by atoms with Crippen molar-refractivity contribution in [3.63, 3.8) is 0 Å². The number of hydrogen-bond donors (Lipinski definition) is 2. The maximum atomic E-state index is 11.0. The Kier molecular flexibility index (Phi) is 5.01. The second kappa shape index (κ2) is 6.28. The average molecular weight is 251 g/mol. The topological polar surface area (TPSA) is 72.5 Å².